The zero-order chi connectivity index (χ0) is 13.1. The van der Waals surface area contributed by atoms with Crippen LogP contribution in [0.2, 0.25) is 10.0 Å². The molecule has 0 spiro atoms. The molecule has 2 rings (SSSR count). The molecule has 18 heavy (non-hydrogen) atoms. The molecule has 4 heteroatoms. The number of phenolic OH excluding ortho intramolecular Hbond substituents is 1. The van der Waals surface area contributed by atoms with Crippen molar-refractivity contribution in [2.24, 2.45) is 0 Å². The first-order valence-corrected chi connectivity index (χ1v) is 6.28. The van der Waals surface area contributed by atoms with Gasteiger partial charge in [0, 0.05) is 22.3 Å². The van der Waals surface area contributed by atoms with Gasteiger partial charge in [0.05, 0.1) is 0 Å². The summed E-state index contributed by atoms with van der Waals surface area (Å²) >= 11 is 11.9. The summed E-state index contributed by atoms with van der Waals surface area (Å²) in [7, 11) is 0. The van der Waals surface area contributed by atoms with Crippen molar-refractivity contribution in [3.05, 3.63) is 57.6 Å². The molecule has 0 saturated carbocycles. The predicted octanol–water partition coefficient (Wildman–Crippen LogP) is 4.62. The summed E-state index contributed by atoms with van der Waals surface area (Å²) in [6.07, 6.45) is 0. The Morgan fingerprint density at radius 2 is 1.72 bits per heavy atom. The zero-order valence-corrected chi connectivity index (χ0v) is 11.4. The lowest BCUT2D eigenvalue weighted by molar-refractivity contribution is 0.475. The maximum Gasteiger partial charge on any atom is 0.115 e. The highest BCUT2D eigenvalue weighted by molar-refractivity contribution is 6.34. The van der Waals surface area contributed by atoms with Crippen LogP contribution in [-0.2, 0) is 6.54 Å². The van der Waals surface area contributed by atoms with Gasteiger partial charge in [0.1, 0.15) is 5.75 Å². The van der Waals surface area contributed by atoms with E-state index >= 15 is 0 Å². The van der Waals surface area contributed by atoms with Gasteiger partial charge in [-0.3, -0.25) is 0 Å². The molecule has 0 saturated heterocycles. The van der Waals surface area contributed by atoms with E-state index in [4.69, 9.17) is 23.2 Å². The first-order chi connectivity index (χ1) is 8.54. The zero-order valence-electron chi connectivity index (χ0n) is 9.87. The highest BCUT2D eigenvalue weighted by atomic mass is 35.5. The van der Waals surface area contributed by atoms with Crippen molar-refractivity contribution in [1.29, 1.82) is 0 Å². The fourth-order valence-electron chi connectivity index (χ4n) is 1.76. The monoisotopic (exact) mass is 281 g/mol. The number of hydrogen-bond donors (Lipinski definition) is 2. The predicted molar refractivity (Wildman–Crippen MR) is 76.6 cm³/mol. The van der Waals surface area contributed by atoms with Crippen LogP contribution >= 0.6 is 23.2 Å². The second-order valence-electron chi connectivity index (χ2n) is 4.13. The van der Waals surface area contributed by atoms with Crippen LogP contribution in [0.15, 0.2) is 36.4 Å². The van der Waals surface area contributed by atoms with E-state index in [1.54, 1.807) is 18.2 Å². The Morgan fingerprint density at radius 1 is 1.06 bits per heavy atom. The van der Waals surface area contributed by atoms with Gasteiger partial charge in [0.15, 0.2) is 0 Å². The van der Waals surface area contributed by atoms with E-state index in [0.29, 0.717) is 16.6 Å². The van der Waals surface area contributed by atoms with Crippen molar-refractivity contribution in [2.45, 2.75) is 13.5 Å². The molecule has 0 fully saturated rings. The molecule has 0 atom stereocenters. The van der Waals surface area contributed by atoms with E-state index in [2.05, 4.69) is 5.32 Å². The molecular formula is C14H13Cl2NO. The van der Waals surface area contributed by atoms with Crippen LogP contribution in [-0.4, -0.2) is 5.11 Å². The maximum absolute atomic E-state index is 9.33. The van der Waals surface area contributed by atoms with Crippen LogP contribution in [0.25, 0.3) is 0 Å². The van der Waals surface area contributed by atoms with Crippen molar-refractivity contribution in [1.82, 2.24) is 0 Å². The number of rotatable bonds is 3. The van der Waals surface area contributed by atoms with E-state index in [1.165, 1.54) is 0 Å². The van der Waals surface area contributed by atoms with Gasteiger partial charge >= 0.3 is 0 Å². The Labute approximate surface area is 116 Å². The Kier molecular flexibility index (Phi) is 4.00. The van der Waals surface area contributed by atoms with E-state index in [9.17, 15) is 5.11 Å². The number of benzene rings is 2. The summed E-state index contributed by atoms with van der Waals surface area (Å²) in [4.78, 5) is 0. The van der Waals surface area contributed by atoms with Gasteiger partial charge in [-0.05, 0) is 54.4 Å². The van der Waals surface area contributed by atoms with Crippen LogP contribution in [0.3, 0.4) is 0 Å². The average molecular weight is 282 g/mol. The van der Waals surface area contributed by atoms with Crippen molar-refractivity contribution in [3.8, 4) is 5.75 Å². The van der Waals surface area contributed by atoms with Gasteiger partial charge in [-0.15, -0.1) is 0 Å². The van der Waals surface area contributed by atoms with Crippen LogP contribution < -0.4 is 5.32 Å². The minimum Gasteiger partial charge on any atom is -0.508 e. The van der Waals surface area contributed by atoms with Crippen LogP contribution in [0.5, 0.6) is 5.75 Å². The fraction of sp³-hybridized carbons (Fsp3) is 0.143. The average Bonchev–Trinajstić information content (AvgIpc) is 2.26. The SMILES string of the molecule is Cc1cc(O)ccc1NCc1cc(Cl)cc(Cl)c1. The largest absolute Gasteiger partial charge is 0.508 e. The number of hydrogen-bond acceptors (Lipinski definition) is 2. The number of anilines is 1. The summed E-state index contributed by atoms with van der Waals surface area (Å²) in [6, 6.07) is 10.7. The van der Waals surface area contributed by atoms with Gasteiger partial charge in [-0.25, -0.2) is 0 Å². The van der Waals surface area contributed by atoms with E-state index in [-0.39, 0.29) is 5.75 Å². The minimum absolute atomic E-state index is 0.267. The van der Waals surface area contributed by atoms with E-state index in [0.717, 1.165) is 16.8 Å². The molecular weight excluding hydrogens is 269 g/mol. The Morgan fingerprint density at radius 3 is 2.33 bits per heavy atom. The standard InChI is InChI=1S/C14H13Cl2NO/c1-9-4-13(18)2-3-14(9)17-8-10-5-11(15)7-12(16)6-10/h2-7,17-18H,8H2,1H3. The molecule has 2 aromatic rings. The second kappa shape index (κ2) is 5.51. The first kappa shape index (κ1) is 13.1. The smallest absolute Gasteiger partial charge is 0.115 e. The second-order valence-corrected chi connectivity index (χ2v) is 5.00. The number of aromatic hydroxyl groups is 1. The number of nitrogens with one attached hydrogen (secondary N) is 1. The van der Waals surface area contributed by atoms with Gasteiger partial charge in [-0.1, -0.05) is 23.2 Å². The van der Waals surface area contributed by atoms with Crippen LogP contribution in [0.1, 0.15) is 11.1 Å². The lowest BCUT2D eigenvalue weighted by Gasteiger charge is -2.10. The molecule has 0 unspecified atom stereocenters. The molecule has 0 bridgehead atoms. The lowest BCUT2D eigenvalue weighted by atomic mass is 10.1. The van der Waals surface area contributed by atoms with Crippen LogP contribution in [0, 0.1) is 6.92 Å². The summed E-state index contributed by atoms with van der Waals surface area (Å²) < 4.78 is 0. The normalized spacial score (nSPS) is 10.4. The molecule has 94 valence electrons. The minimum atomic E-state index is 0.267. The summed E-state index contributed by atoms with van der Waals surface area (Å²) in [5, 5.41) is 13.9. The molecule has 0 aromatic heterocycles. The highest BCUT2D eigenvalue weighted by Crippen LogP contribution is 2.23. The molecule has 0 radical (unpaired) electrons. The quantitative estimate of drug-likeness (QED) is 0.805. The summed E-state index contributed by atoms with van der Waals surface area (Å²) in [5.74, 6) is 0.267. The van der Waals surface area contributed by atoms with Gasteiger partial charge in [-0.2, -0.15) is 0 Å². The summed E-state index contributed by atoms with van der Waals surface area (Å²) in [5.41, 5.74) is 2.98. The molecule has 0 heterocycles. The molecule has 0 aliphatic rings. The molecule has 2 nitrogen and oxygen atoms in total. The molecule has 0 aliphatic carbocycles. The van der Waals surface area contributed by atoms with Crippen molar-refractivity contribution < 1.29 is 5.11 Å². The maximum atomic E-state index is 9.33. The molecule has 2 N–H and O–H groups in total. The Hall–Kier alpha value is -1.38. The fourth-order valence-corrected chi connectivity index (χ4v) is 2.33. The first-order valence-electron chi connectivity index (χ1n) is 5.53. The third-order valence-corrected chi connectivity index (χ3v) is 3.05. The number of halogens is 2. The van der Waals surface area contributed by atoms with Crippen molar-refractivity contribution in [2.75, 3.05) is 5.32 Å². The molecule has 0 aliphatic heterocycles. The summed E-state index contributed by atoms with van der Waals surface area (Å²) in [6.45, 7) is 2.57. The lowest BCUT2D eigenvalue weighted by Crippen LogP contribution is -2.00. The van der Waals surface area contributed by atoms with Crippen LogP contribution in [0.4, 0.5) is 5.69 Å². The topological polar surface area (TPSA) is 32.3 Å². The molecule has 2 aromatic carbocycles. The third-order valence-electron chi connectivity index (χ3n) is 2.62. The van der Waals surface area contributed by atoms with Crippen molar-refractivity contribution in [3.63, 3.8) is 0 Å². The van der Waals surface area contributed by atoms with E-state index < -0.39 is 0 Å². The van der Waals surface area contributed by atoms with Gasteiger partial charge in [0.25, 0.3) is 0 Å². The van der Waals surface area contributed by atoms with E-state index in [1.807, 2.05) is 25.1 Å². The Bertz CT molecular complexity index is 549. The molecule has 0 amide bonds. The van der Waals surface area contributed by atoms with Crippen molar-refractivity contribution >= 4 is 28.9 Å². The number of phenols is 1. The Balaban J connectivity index is 2.11. The number of aryl methyl sites for hydroxylation is 1. The third kappa shape index (κ3) is 3.31. The highest BCUT2D eigenvalue weighted by Gasteiger charge is 2.01. The van der Waals surface area contributed by atoms with Gasteiger partial charge < -0.3 is 10.4 Å². The van der Waals surface area contributed by atoms with Gasteiger partial charge in [0.2, 0.25) is 0 Å².